The van der Waals surface area contributed by atoms with Crippen LogP contribution in [0.2, 0.25) is 0 Å². The average molecular weight is 262 g/mol. The number of benzene rings is 1. The molecule has 1 aliphatic rings. The molecule has 19 heavy (non-hydrogen) atoms. The van der Waals surface area contributed by atoms with Gasteiger partial charge in [0.2, 0.25) is 0 Å². The molecule has 6 nitrogen and oxygen atoms in total. The molecule has 2 rings (SSSR count). The van der Waals surface area contributed by atoms with Gasteiger partial charge in [-0.3, -0.25) is 4.79 Å². The third-order valence-corrected chi connectivity index (χ3v) is 2.96. The quantitative estimate of drug-likeness (QED) is 0.809. The lowest BCUT2D eigenvalue weighted by Gasteiger charge is -2.18. The summed E-state index contributed by atoms with van der Waals surface area (Å²) in [6.45, 7) is 0. The van der Waals surface area contributed by atoms with Crippen molar-refractivity contribution < 1.29 is 19.1 Å². The Bertz CT molecular complexity index is 513. The molecule has 1 aliphatic heterocycles. The second-order valence-electron chi connectivity index (χ2n) is 4.01. The topological polar surface area (TPSA) is 77.0 Å². The van der Waals surface area contributed by atoms with Crippen LogP contribution in [0.3, 0.4) is 0 Å². The molecule has 0 amide bonds. The lowest BCUT2D eigenvalue weighted by Crippen LogP contribution is -2.34. The van der Waals surface area contributed by atoms with Crippen LogP contribution < -0.4 is 5.43 Å². The molecule has 0 spiro atoms. The maximum absolute atomic E-state index is 11.9. The zero-order valence-corrected chi connectivity index (χ0v) is 10.6. The molecule has 0 aromatic heterocycles. The molecule has 0 fully saturated rings. The molecule has 6 heteroatoms. The van der Waals surface area contributed by atoms with Crippen molar-refractivity contribution in [1.29, 1.82) is 0 Å². The molecule has 1 heterocycles. The van der Waals surface area contributed by atoms with Crippen molar-refractivity contribution in [3.05, 3.63) is 35.9 Å². The highest BCUT2D eigenvalue weighted by Crippen LogP contribution is 2.29. The molecule has 0 aliphatic carbocycles. The lowest BCUT2D eigenvalue weighted by atomic mass is 9.90. The first-order chi connectivity index (χ1) is 9.19. The van der Waals surface area contributed by atoms with Crippen LogP contribution in [0.25, 0.3) is 0 Å². The van der Waals surface area contributed by atoms with E-state index in [0.717, 1.165) is 5.56 Å². The smallest absolute Gasteiger partial charge is 0.355 e. The standard InChI is InChI=1S/C13H14N2O4/c1-18-12(16)9-10(8-6-4-3-5-7-8)14-15-11(9)13(17)19-2/h3-7,9-10,14H,1-2H3/t9-,10-/m0/s1. The van der Waals surface area contributed by atoms with Gasteiger partial charge in [-0.2, -0.15) is 5.10 Å². The SMILES string of the molecule is COC(=O)C1=NN[C@@H](c2ccccc2)[C@@H]1C(=O)OC. The van der Waals surface area contributed by atoms with E-state index in [9.17, 15) is 9.59 Å². The summed E-state index contributed by atoms with van der Waals surface area (Å²) in [7, 11) is 2.52. The number of hydrogen-bond acceptors (Lipinski definition) is 6. The summed E-state index contributed by atoms with van der Waals surface area (Å²) < 4.78 is 9.37. The van der Waals surface area contributed by atoms with Crippen molar-refractivity contribution in [3.63, 3.8) is 0 Å². The van der Waals surface area contributed by atoms with E-state index < -0.39 is 23.9 Å². The van der Waals surface area contributed by atoms with Gasteiger partial charge in [0.25, 0.3) is 0 Å². The minimum Gasteiger partial charge on any atom is -0.468 e. The van der Waals surface area contributed by atoms with Gasteiger partial charge in [-0.15, -0.1) is 0 Å². The zero-order valence-electron chi connectivity index (χ0n) is 10.6. The van der Waals surface area contributed by atoms with Crippen LogP contribution in [0.5, 0.6) is 0 Å². The third-order valence-electron chi connectivity index (χ3n) is 2.96. The molecule has 1 aromatic rings. The fourth-order valence-electron chi connectivity index (χ4n) is 2.02. The van der Waals surface area contributed by atoms with Crippen LogP contribution in [-0.4, -0.2) is 31.9 Å². The van der Waals surface area contributed by atoms with Gasteiger partial charge < -0.3 is 14.9 Å². The molecule has 1 aromatic carbocycles. The fourth-order valence-corrected chi connectivity index (χ4v) is 2.02. The van der Waals surface area contributed by atoms with Crippen molar-refractivity contribution in [3.8, 4) is 0 Å². The predicted molar refractivity (Wildman–Crippen MR) is 67.3 cm³/mol. The number of nitrogens with zero attached hydrogens (tertiary/aromatic N) is 1. The van der Waals surface area contributed by atoms with Gasteiger partial charge in [-0.1, -0.05) is 30.3 Å². The second kappa shape index (κ2) is 5.51. The Morgan fingerprint density at radius 3 is 2.42 bits per heavy atom. The number of rotatable bonds is 3. The van der Waals surface area contributed by atoms with Crippen molar-refractivity contribution in [2.24, 2.45) is 11.0 Å². The van der Waals surface area contributed by atoms with Gasteiger partial charge in [0.05, 0.1) is 20.3 Å². The van der Waals surface area contributed by atoms with Gasteiger partial charge in [0, 0.05) is 0 Å². The monoisotopic (exact) mass is 262 g/mol. The van der Waals surface area contributed by atoms with Crippen molar-refractivity contribution in [2.75, 3.05) is 14.2 Å². The summed E-state index contributed by atoms with van der Waals surface area (Å²) in [5.41, 5.74) is 3.67. The lowest BCUT2D eigenvalue weighted by molar-refractivity contribution is -0.145. The Hall–Kier alpha value is -2.37. The fraction of sp³-hybridized carbons (Fsp3) is 0.308. The Labute approximate surface area is 110 Å². The molecule has 100 valence electrons. The maximum Gasteiger partial charge on any atom is 0.355 e. The minimum absolute atomic E-state index is 0.0307. The van der Waals surface area contributed by atoms with Gasteiger partial charge in [-0.25, -0.2) is 4.79 Å². The molecule has 0 unspecified atom stereocenters. The van der Waals surface area contributed by atoms with E-state index in [1.54, 1.807) is 0 Å². The number of carbonyl (C=O) groups is 2. The van der Waals surface area contributed by atoms with Crippen LogP contribution in [0.1, 0.15) is 11.6 Å². The van der Waals surface area contributed by atoms with E-state index in [1.807, 2.05) is 30.3 Å². The number of nitrogens with one attached hydrogen (secondary N) is 1. The Balaban J connectivity index is 2.33. The Morgan fingerprint density at radius 1 is 1.16 bits per heavy atom. The van der Waals surface area contributed by atoms with Gasteiger partial charge in [-0.05, 0) is 5.56 Å². The van der Waals surface area contributed by atoms with Crippen LogP contribution in [0.15, 0.2) is 35.4 Å². The zero-order chi connectivity index (χ0) is 13.8. The van der Waals surface area contributed by atoms with Crippen molar-refractivity contribution in [1.82, 2.24) is 5.43 Å². The van der Waals surface area contributed by atoms with E-state index in [0.29, 0.717) is 0 Å². The largest absolute Gasteiger partial charge is 0.468 e. The minimum atomic E-state index is -0.806. The molecule has 0 radical (unpaired) electrons. The first-order valence-electron chi connectivity index (χ1n) is 5.73. The number of carbonyl (C=O) groups excluding carboxylic acids is 2. The molecular weight excluding hydrogens is 248 g/mol. The highest BCUT2D eigenvalue weighted by molar-refractivity contribution is 6.41. The Morgan fingerprint density at radius 2 is 1.84 bits per heavy atom. The first-order valence-corrected chi connectivity index (χ1v) is 5.73. The van der Waals surface area contributed by atoms with E-state index in [-0.39, 0.29) is 5.71 Å². The van der Waals surface area contributed by atoms with E-state index in [1.165, 1.54) is 14.2 Å². The highest BCUT2D eigenvalue weighted by Gasteiger charge is 2.43. The Kier molecular flexibility index (Phi) is 3.79. The summed E-state index contributed by atoms with van der Waals surface area (Å²) >= 11 is 0. The van der Waals surface area contributed by atoms with Crippen molar-refractivity contribution in [2.45, 2.75) is 6.04 Å². The van der Waals surface area contributed by atoms with Crippen LogP contribution >= 0.6 is 0 Å². The molecule has 1 N–H and O–H groups in total. The number of methoxy groups -OCH3 is 2. The summed E-state index contributed by atoms with van der Waals surface area (Å²) in [6.07, 6.45) is 0. The van der Waals surface area contributed by atoms with Crippen LogP contribution in [0.4, 0.5) is 0 Å². The van der Waals surface area contributed by atoms with Gasteiger partial charge in [0.15, 0.2) is 5.71 Å². The molecular formula is C13H14N2O4. The normalized spacial score (nSPS) is 21.3. The number of ether oxygens (including phenoxy) is 2. The second-order valence-corrected chi connectivity index (χ2v) is 4.01. The van der Waals surface area contributed by atoms with Crippen LogP contribution in [0, 0.1) is 5.92 Å². The molecule has 0 saturated carbocycles. The third kappa shape index (κ3) is 2.42. The summed E-state index contributed by atoms with van der Waals surface area (Å²) in [4.78, 5) is 23.5. The van der Waals surface area contributed by atoms with Gasteiger partial charge >= 0.3 is 11.9 Å². The first kappa shape index (κ1) is 13.1. The summed E-state index contributed by atoms with van der Waals surface area (Å²) in [6, 6.07) is 8.84. The van der Waals surface area contributed by atoms with Crippen LogP contribution in [-0.2, 0) is 19.1 Å². The van der Waals surface area contributed by atoms with E-state index in [2.05, 4.69) is 15.3 Å². The summed E-state index contributed by atoms with van der Waals surface area (Å²) in [5, 5.41) is 3.91. The van der Waals surface area contributed by atoms with Gasteiger partial charge in [0.1, 0.15) is 5.92 Å². The van der Waals surface area contributed by atoms with E-state index in [4.69, 9.17) is 4.74 Å². The number of hydrogen-bond donors (Lipinski definition) is 1. The highest BCUT2D eigenvalue weighted by atomic mass is 16.5. The molecule has 0 saturated heterocycles. The maximum atomic E-state index is 11.9. The molecule has 2 atom stereocenters. The molecule has 0 bridgehead atoms. The average Bonchev–Trinajstić information content (AvgIpc) is 2.91. The van der Waals surface area contributed by atoms with Crippen molar-refractivity contribution >= 4 is 17.7 Å². The summed E-state index contributed by atoms with van der Waals surface area (Å²) in [5.74, 6) is -1.97. The van der Waals surface area contributed by atoms with E-state index >= 15 is 0 Å². The number of hydrazone groups is 1. The predicted octanol–water partition coefficient (Wildman–Crippen LogP) is 0.649. The number of esters is 2.